The molecule has 9 heteroatoms. The van der Waals surface area contributed by atoms with Crippen LogP contribution >= 0.6 is 11.3 Å². The molecular weight excluding hydrogens is 386 g/mol. The van der Waals surface area contributed by atoms with E-state index in [-0.39, 0.29) is 16.3 Å². The normalized spacial score (nSPS) is 11.3. The van der Waals surface area contributed by atoms with Gasteiger partial charge >= 0.3 is 0 Å². The number of amides is 1. The van der Waals surface area contributed by atoms with Gasteiger partial charge in [0.1, 0.15) is 11.4 Å². The molecule has 140 valence electrons. The molecule has 2 aromatic heterocycles. The average Bonchev–Trinajstić information content (AvgIpc) is 3.12. The van der Waals surface area contributed by atoms with Gasteiger partial charge in [-0.1, -0.05) is 18.2 Å². The third-order valence-electron chi connectivity index (χ3n) is 3.95. The molecule has 1 N–H and O–H groups in total. The number of hydrogen-bond donors (Lipinski definition) is 1. The Morgan fingerprint density at radius 1 is 1.22 bits per heavy atom. The Morgan fingerprint density at radius 3 is 2.56 bits per heavy atom. The smallest absolute Gasteiger partial charge is 0.270 e. The summed E-state index contributed by atoms with van der Waals surface area (Å²) in [6.07, 6.45) is 1.55. The second-order valence-corrected chi connectivity index (χ2v) is 8.67. The number of aromatic nitrogens is 2. The van der Waals surface area contributed by atoms with Gasteiger partial charge in [0, 0.05) is 17.3 Å². The van der Waals surface area contributed by atoms with E-state index in [1.165, 1.54) is 23.5 Å². The molecule has 1 aromatic carbocycles. The standard InChI is InChI=1S/C18H17N3O4S2/c1-12-10-13(2)21(11-15(22)20-18-19-8-9-26-18)17(23)16(12)27(24,25)14-6-4-3-5-7-14/h3-10H,11H2,1-2H3,(H,19,20,22). The molecule has 0 aliphatic rings. The Labute approximate surface area is 160 Å². The third-order valence-corrected chi connectivity index (χ3v) is 6.57. The molecule has 0 atom stereocenters. The first-order chi connectivity index (χ1) is 12.8. The molecule has 1 amide bonds. The zero-order valence-corrected chi connectivity index (χ0v) is 16.3. The van der Waals surface area contributed by atoms with Gasteiger partial charge in [0.2, 0.25) is 15.7 Å². The van der Waals surface area contributed by atoms with Crippen molar-refractivity contribution in [3.63, 3.8) is 0 Å². The summed E-state index contributed by atoms with van der Waals surface area (Å²) in [5, 5.41) is 4.71. The van der Waals surface area contributed by atoms with Gasteiger partial charge in [0.05, 0.1) is 4.90 Å². The minimum Gasteiger partial charge on any atom is -0.302 e. The summed E-state index contributed by atoms with van der Waals surface area (Å²) in [6, 6.07) is 9.35. The highest BCUT2D eigenvalue weighted by Gasteiger charge is 2.26. The molecule has 0 aliphatic carbocycles. The first-order valence-corrected chi connectivity index (χ1v) is 10.4. The van der Waals surface area contributed by atoms with Gasteiger partial charge in [-0.2, -0.15) is 0 Å². The minimum absolute atomic E-state index is 0.0350. The molecule has 7 nitrogen and oxygen atoms in total. The van der Waals surface area contributed by atoms with Crippen molar-refractivity contribution in [2.45, 2.75) is 30.2 Å². The summed E-state index contributed by atoms with van der Waals surface area (Å²) < 4.78 is 27.1. The number of carbonyl (C=O) groups excluding carboxylic acids is 1. The second kappa shape index (κ2) is 7.45. The molecule has 3 rings (SSSR count). The first-order valence-electron chi connectivity index (χ1n) is 8.01. The molecule has 0 unspecified atom stereocenters. The fourth-order valence-corrected chi connectivity index (χ4v) is 4.86. The molecule has 0 saturated carbocycles. The zero-order chi connectivity index (χ0) is 19.6. The lowest BCUT2D eigenvalue weighted by Gasteiger charge is -2.14. The van der Waals surface area contributed by atoms with Crippen LogP contribution in [-0.4, -0.2) is 23.9 Å². The summed E-state index contributed by atoms with van der Waals surface area (Å²) >= 11 is 1.25. The average molecular weight is 403 g/mol. The predicted molar refractivity (Wildman–Crippen MR) is 103 cm³/mol. The number of nitrogens with zero attached hydrogens (tertiary/aromatic N) is 2. The third kappa shape index (κ3) is 3.83. The molecule has 3 aromatic rings. The second-order valence-electron chi connectivity index (χ2n) is 5.89. The molecular formula is C18H17N3O4S2. The van der Waals surface area contributed by atoms with E-state index in [0.717, 1.165) is 4.57 Å². The van der Waals surface area contributed by atoms with Crippen LogP contribution in [0.25, 0.3) is 0 Å². The van der Waals surface area contributed by atoms with Crippen LogP contribution in [0.2, 0.25) is 0 Å². The number of carbonyl (C=O) groups is 1. The van der Waals surface area contributed by atoms with Gasteiger partial charge in [-0.25, -0.2) is 13.4 Å². The zero-order valence-electron chi connectivity index (χ0n) is 14.7. The van der Waals surface area contributed by atoms with Crippen molar-refractivity contribution in [3.8, 4) is 0 Å². The lowest BCUT2D eigenvalue weighted by atomic mass is 10.2. The van der Waals surface area contributed by atoms with E-state index in [1.807, 2.05) is 0 Å². The van der Waals surface area contributed by atoms with Crippen molar-refractivity contribution >= 4 is 32.2 Å². The van der Waals surface area contributed by atoms with Crippen LogP contribution in [0.5, 0.6) is 0 Å². The van der Waals surface area contributed by atoms with Gasteiger partial charge in [0.15, 0.2) is 5.13 Å². The van der Waals surface area contributed by atoms with E-state index < -0.39 is 21.3 Å². The summed E-state index contributed by atoms with van der Waals surface area (Å²) in [6.45, 7) is 2.93. The number of sulfone groups is 1. The molecule has 0 aliphatic heterocycles. The Balaban J connectivity index is 2.04. The minimum atomic E-state index is -4.00. The number of benzene rings is 1. The van der Waals surface area contributed by atoms with Crippen LogP contribution in [-0.2, 0) is 21.2 Å². The van der Waals surface area contributed by atoms with Crippen molar-refractivity contribution in [1.82, 2.24) is 9.55 Å². The van der Waals surface area contributed by atoms with Crippen LogP contribution < -0.4 is 10.9 Å². The SMILES string of the molecule is Cc1cc(C)n(CC(=O)Nc2nccs2)c(=O)c1S(=O)(=O)c1ccccc1. The summed E-state index contributed by atoms with van der Waals surface area (Å²) in [5.74, 6) is -0.456. The largest absolute Gasteiger partial charge is 0.302 e. The fraction of sp³-hybridized carbons (Fsp3) is 0.167. The van der Waals surface area contributed by atoms with Gasteiger partial charge in [-0.3, -0.25) is 9.59 Å². The molecule has 2 heterocycles. The van der Waals surface area contributed by atoms with Crippen LogP contribution in [0.3, 0.4) is 0 Å². The van der Waals surface area contributed by atoms with E-state index in [1.54, 1.807) is 49.7 Å². The topological polar surface area (TPSA) is 98.1 Å². The first kappa shape index (κ1) is 19.0. The molecule has 0 radical (unpaired) electrons. The number of nitrogens with one attached hydrogen (secondary N) is 1. The van der Waals surface area contributed by atoms with Crippen molar-refractivity contribution in [2.24, 2.45) is 0 Å². The van der Waals surface area contributed by atoms with E-state index >= 15 is 0 Å². The Hall–Kier alpha value is -2.78. The monoisotopic (exact) mass is 403 g/mol. The van der Waals surface area contributed by atoms with Gasteiger partial charge in [-0.05, 0) is 37.6 Å². The molecule has 0 fully saturated rings. The Kier molecular flexibility index (Phi) is 5.24. The molecule has 0 bridgehead atoms. The van der Waals surface area contributed by atoms with Crippen molar-refractivity contribution < 1.29 is 13.2 Å². The predicted octanol–water partition coefficient (Wildman–Crippen LogP) is 2.39. The number of pyridine rings is 1. The molecule has 0 spiro atoms. The van der Waals surface area contributed by atoms with Crippen LogP contribution in [0.4, 0.5) is 5.13 Å². The van der Waals surface area contributed by atoms with E-state index in [4.69, 9.17) is 0 Å². The highest BCUT2D eigenvalue weighted by atomic mass is 32.2. The van der Waals surface area contributed by atoms with Crippen LogP contribution in [0.1, 0.15) is 11.3 Å². The lowest BCUT2D eigenvalue weighted by molar-refractivity contribution is -0.116. The number of rotatable bonds is 5. The quantitative estimate of drug-likeness (QED) is 0.705. The molecule has 27 heavy (non-hydrogen) atoms. The summed E-state index contributed by atoms with van der Waals surface area (Å²) in [7, 11) is -4.00. The van der Waals surface area contributed by atoms with Crippen molar-refractivity contribution in [1.29, 1.82) is 0 Å². The van der Waals surface area contributed by atoms with Gasteiger partial charge in [-0.15, -0.1) is 11.3 Å². The maximum absolute atomic E-state index is 13.0. The van der Waals surface area contributed by atoms with E-state index in [2.05, 4.69) is 10.3 Å². The number of thiazole rings is 1. The van der Waals surface area contributed by atoms with Crippen LogP contribution in [0, 0.1) is 13.8 Å². The van der Waals surface area contributed by atoms with Crippen LogP contribution in [0.15, 0.2) is 62.6 Å². The fourth-order valence-electron chi connectivity index (χ4n) is 2.74. The number of aryl methyl sites for hydroxylation is 2. The Bertz CT molecular complexity index is 1140. The van der Waals surface area contributed by atoms with E-state index in [9.17, 15) is 18.0 Å². The molecule has 0 saturated heterocycles. The van der Waals surface area contributed by atoms with Crippen molar-refractivity contribution in [2.75, 3.05) is 5.32 Å². The summed E-state index contributed by atoms with van der Waals surface area (Å²) in [4.78, 5) is 28.9. The maximum atomic E-state index is 13.0. The highest BCUT2D eigenvalue weighted by Crippen LogP contribution is 2.21. The highest BCUT2D eigenvalue weighted by molar-refractivity contribution is 7.91. The van der Waals surface area contributed by atoms with Gasteiger partial charge in [0.25, 0.3) is 5.56 Å². The summed E-state index contributed by atoms with van der Waals surface area (Å²) in [5.41, 5.74) is 0.127. The lowest BCUT2D eigenvalue weighted by Crippen LogP contribution is -2.33. The van der Waals surface area contributed by atoms with E-state index in [0.29, 0.717) is 16.4 Å². The number of hydrogen-bond acceptors (Lipinski definition) is 6. The number of anilines is 1. The van der Waals surface area contributed by atoms with Crippen molar-refractivity contribution in [3.05, 3.63) is 69.6 Å². The maximum Gasteiger partial charge on any atom is 0.270 e. The van der Waals surface area contributed by atoms with Gasteiger partial charge < -0.3 is 9.88 Å². The Morgan fingerprint density at radius 2 is 1.93 bits per heavy atom.